The van der Waals surface area contributed by atoms with Gasteiger partial charge in [0.25, 0.3) is 0 Å². The van der Waals surface area contributed by atoms with Crippen molar-refractivity contribution < 1.29 is 9.31 Å². The summed E-state index contributed by atoms with van der Waals surface area (Å²) in [6, 6.07) is 0. The second-order valence-electron chi connectivity index (χ2n) is 2.73. The number of hydrogen-bond acceptors (Lipinski definition) is 3. The van der Waals surface area contributed by atoms with E-state index in [1.54, 1.807) is 0 Å². The predicted octanol–water partition coefficient (Wildman–Crippen LogP) is 0.492. The lowest BCUT2D eigenvalue weighted by molar-refractivity contribution is 0.136. The minimum absolute atomic E-state index is 0.210. The van der Waals surface area contributed by atoms with Gasteiger partial charge in [0.05, 0.1) is 6.10 Å². The van der Waals surface area contributed by atoms with Crippen LogP contribution in [0.1, 0.15) is 13.3 Å². The Kier molecular flexibility index (Phi) is 5.07. The smallest absolute Gasteiger partial charge is 0.412 e. The molecule has 1 radical (unpaired) electrons. The van der Waals surface area contributed by atoms with Crippen molar-refractivity contribution in [3.8, 4) is 0 Å². The van der Waals surface area contributed by atoms with Crippen LogP contribution in [0.4, 0.5) is 0 Å². The van der Waals surface area contributed by atoms with Crippen molar-refractivity contribution in [2.75, 3.05) is 19.7 Å². The molecule has 67 valence electrons. The largest absolute Gasteiger partial charge is 0.488 e. The maximum atomic E-state index is 5.32. The van der Waals surface area contributed by atoms with Crippen molar-refractivity contribution in [2.24, 2.45) is 0 Å². The van der Waals surface area contributed by atoms with E-state index >= 15 is 0 Å². The van der Waals surface area contributed by atoms with Gasteiger partial charge in [-0.1, -0.05) is 12.2 Å². The molecule has 0 aromatic rings. The van der Waals surface area contributed by atoms with Crippen LogP contribution >= 0.6 is 0 Å². The fraction of sp³-hybridized carbons (Fsp3) is 0.750. The number of allylic oxidation sites excluding steroid dienone is 1. The Bertz CT molecular complexity index is 133. The van der Waals surface area contributed by atoms with Crippen molar-refractivity contribution in [3.63, 3.8) is 0 Å². The van der Waals surface area contributed by atoms with Gasteiger partial charge in [0.1, 0.15) is 0 Å². The van der Waals surface area contributed by atoms with Crippen LogP contribution < -0.4 is 5.32 Å². The number of rotatable bonds is 2. The lowest BCUT2D eigenvalue weighted by Gasteiger charge is -2.19. The topological polar surface area (TPSA) is 30.5 Å². The van der Waals surface area contributed by atoms with Crippen molar-refractivity contribution in [1.29, 1.82) is 0 Å². The van der Waals surface area contributed by atoms with Crippen LogP contribution in [-0.2, 0) is 9.31 Å². The average molecular weight is 168 g/mol. The van der Waals surface area contributed by atoms with Crippen LogP contribution in [0, 0.1) is 0 Å². The van der Waals surface area contributed by atoms with Crippen LogP contribution in [-0.4, -0.2) is 33.5 Å². The summed E-state index contributed by atoms with van der Waals surface area (Å²) in [6.45, 7) is 4.49. The van der Waals surface area contributed by atoms with E-state index in [-0.39, 0.29) is 6.10 Å². The quantitative estimate of drug-likeness (QED) is 0.480. The molecule has 1 heterocycles. The Balaban J connectivity index is 2.20. The maximum absolute atomic E-state index is 5.32. The number of nitrogens with one attached hydrogen (secondary N) is 1. The van der Waals surface area contributed by atoms with Crippen molar-refractivity contribution in [2.45, 2.75) is 19.4 Å². The van der Waals surface area contributed by atoms with E-state index in [0.717, 1.165) is 19.5 Å². The first-order valence-electron chi connectivity index (χ1n) is 4.34. The van der Waals surface area contributed by atoms with Gasteiger partial charge in [0.15, 0.2) is 0 Å². The second kappa shape index (κ2) is 6.23. The highest BCUT2D eigenvalue weighted by Crippen LogP contribution is 1.99. The Labute approximate surface area is 74.4 Å². The predicted molar refractivity (Wildman–Crippen MR) is 48.9 cm³/mol. The summed E-state index contributed by atoms with van der Waals surface area (Å²) < 4.78 is 10.4. The van der Waals surface area contributed by atoms with E-state index < -0.39 is 0 Å². The van der Waals surface area contributed by atoms with Gasteiger partial charge in [-0.3, -0.25) is 0 Å². The maximum Gasteiger partial charge on any atom is 0.488 e. The third-order valence-corrected chi connectivity index (χ3v) is 1.72. The van der Waals surface area contributed by atoms with Crippen molar-refractivity contribution in [3.05, 3.63) is 12.2 Å². The normalized spacial score (nSPS) is 26.2. The lowest BCUT2D eigenvalue weighted by atomic mass is 10.2. The molecule has 1 atom stereocenters. The Hall–Kier alpha value is -0.315. The Morgan fingerprint density at radius 1 is 1.67 bits per heavy atom. The van der Waals surface area contributed by atoms with Gasteiger partial charge in [-0.2, -0.15) is 0 Å². The second-order valence-corrected chi connectivity index (χ2v) is 2.73. The lowest BCUT2D eigenvalue weighted by Crippen LogP contribution is -2.36. The van der Waals surface area contributed by atoms with Crippen molar-refractivity contribution in [1.82, 2.24) is 5.32 Å². The molecule has 0 aromatic carbocycles. The molecule has 1 N–H and O–H groups in total. The summed E-state index contributed by atoms with van der Waals surface area (Å²) >= 11 is 0. The van der Waals surface area contributed by atoms with Gasteiger partial charge in [-0.25, -0.2) is 0 Å². The molecule has 1 aliphatic rings. The molecular formula is C8H15BNO2. The minimum Gasteiger partial charge on any atom is -0.412 e. The molecule has 0 bridgehead atoms. The Morgan fingerprint density at radius 3 is 3.42 bits per heavy atom. The molecule has 1 fully saturated rings. The summed E-state index contributed by atoms with van der Waals surface area (Å²) in [5.74, 6) is 0. The first kappa shape index (κ1) is 9.77. The minimum atomic E-state index is 0.210. The molecule has 1 unspecified atom stereocenters. The summed E-state index contributed by atoms with van der Waals surface area (Å²) in [5.41, 5.74) is 0. The SMILES string of the molecule is C/C=C\CC1CNCCO[B]O1. The van der Waals surface area contributed by atoms with Crippen LogP contribution in [0.25, 0.3) is 0 Å². The Morgan fingerprint density at radius 2 is 2.58 bits per heavy atom. The van der Waals surface area contributed by atoms with Crippen LogP contribution in [0.15, 0.2) is 12.2 Å². The van der Waals surface area contributed by atoms with Gasteiger partial charge >= 0.3 is 7.69 Å². The molecule has 12 heavy (non-hydrogen) atoms. The molecule has 3 nitrogen and oxygen atoms in total. The van der Waals surface area contributed by atoms with Crippen LogP contribution in [0.2, 0.25) is 0 Å². The molecule has 4 heteroatoms. The molecule has 0 spiro atoms. The van der Waals surface area contributed by atoms with Gasteiger partial charge in [-0.15, -0.1) is 0 Å². The zero-order chi connectivity index (χ0) is 8.65. The zero-order valence-electron chi connectivity index (χ0n) is 7.45. The molecule has 1 saturated heterocycles. The fourth-order valence-electron chi connectivity index (χ4n) is 1.03. The summed E-state index contributed by atoms with van der Waals surface area (Å²) in [6.07, 6.45) is 5.27. The van der Waals surface area contributed by atoms with Gasteiger partial charge in [-0.05, 0) is 13.3 Å². The summed E-state index contributed by atoms with van der Waals surface area (Å²) in [4.78, 5) is 0. The highest BCUT2D eigenvalue weighted by molar-refractivity contribution is 6.18. The molecule has 0 aromatic heterocycles. The molecule has 1 rings (SSSR count). The molecule has 0 aliphatic carbocycles. The molecular weight excluding hydrogens is 153 g/mol. The molecule has 0 amide bonds. The van der Waals surface area contributed by atoms with Gasteiger partial charge in [0.2, 0.25) is 0 Å². The summed E-state index contributed by atoms with van der Waals surface area (Å²) in [5, 5.41) is 3.24. The first-order valence-corrected chi connectivity index (χ1v) is 4.34. The number of hydrogen-bond donors (Lipinski definition) is 1. The van der Waals surface area contributed by atoms with E-state index in [2.05, 4.69) is 11.4 Å². The fourth-order valence-corrected chi connectivity index (χ4v) is 1.03. The zero-order valence-corrected chi connectivity index (χ0v) is 7.45. The van der Waals surface area contributed by atoms with Crippen molar-refractivity contribution >= 4 is 7.69 Å². The standard InChI is InChI=1S/C8H15BNO2/c1-2-3-4-8-7-10-5-6-11-9-12-8/h2-3,8,10H,4-7H2,1H3/b3-2-. The van der Waals surface area contributed by atoms with Crippen LogP contribution in [0.5, 0.6) is 0 Å². The van der Waals surface area contributed by atoms with Crippen LogP contribution in [0.3, 0.4) is 0 Å². The third-order valence-electron chi connectivity index (χ3n) is 1.72. The van der Waals surface area contributed by atoms with E-state index in [1.807, 2.05) is 13.0 Å². The first-order chi connectivity index (χ1) is 5.93. The van der Waals surface area contributed by atoms with Gasteiger partial charge in [0, 0.05) is 19.7 Å². The highest BCUT2D eigenvalue weighted by Gasteiger charge is 2.10. The van der Waals surface area contributed by atoms with E-state index in [4.69, 9.17) is 9.31 Å². The third kappa shape index (κ3) is 3.90. The average Bonchev–Trinajstić information content (AvgIpc) is 2.02. The monoisotopic (exact) mass is 168 g/mol. The van der Waals surface area contributed by atoms with Gasteiger partial charge < -0.3 is 14.6 Å². The summed E-state index contributed by atoms with van der Waals surface area (Å²) in [7, 11) is 1.45. The van der Waals surface area contributed by atoms with E-state index in [9.17, 15) is 0 Å². The van der Waals surface area contributed by atoms with E-state index in [0.29, 0.717) is 6.61 Å². The molecule has 1 aliphatic heterocycles. The van der Waals surface area contributed by atoms with E-state index in [1.165, 1.54) is 7.69 Å². The molecule has 0 saturated carbocycles. The highest BCUT2D eigenvalue weighted by atomic mass is 16.6.